The summed E-state index contributed by atoms with van der Waals surface area (Å²) in [6, 6.07) is 5.54. The van der Waals surface area contributed by atoms with Gasteiger partial charge in [0, 0.05) is 20.2 Å². The molecular weight excluding hydrogens is 272 g/mol. The lowest BCUT2D eigenvalue weighted by molar-refractivity contribution is -0.122. The van der Waals surface area contributed by atoms with Crippen molar-refractivity contribution in [1.82, 2.24) is 10.6 Å². The Kier molecular flexibility index (Phi) is 5.83. The van der Waals surface area contributed by atoms with Gasteiger partial charge in [-0.2, -0.15) is 0 Å². The summed E-state index contributed by atoms with van der Waals surface area (Å²) in [7, 11) is 1.61. The summed E-state index contributed by atoms with van der Waals surface area (Å²) in [5.41, 5.74) is 1.05. The van der Waals surface area contributed by atoms with Crippen LogP contribution in [-0.4, -0.2) is 45.4 Å². The lowest BCUT2D eigenvalue weighted by atomic mass is 10.2. The minimum Gasteiger partial charge on any atom is -0.486 e. The van der Waals surface area contributed by atoms with E-state index < -0.39 is 0 Å². The van der Waals surface area contributed by atoms with Gasteiger partial charge in [0.15, 0.2) is 11.5 Å². The lowest BCUT2D eigenvalue weighted by Gasteiger charge is -2.19. The summed E-state index contributed by atoms with van der Waals surface area (Å²) in [6.45, 7) is 4.62. The Morgan fingerprint density at radius 1 is 1.33 bits per heavy atom. The van der Waals surface area contributed by atoms with Crippen LogP contribution >= 0.6 is 0 Å². The number of hydrogen-bond acceptors (Lipinski definition) is 5. The van der Waals surface area contributed by atoms with Crippen molar-refractivity contribution in [3.8, 4) is 11.5 Å². The molecule has 2 rings (SSSR count). The maximum atomic E-state index is 11.8. The molecule has 1 aliphatic rings. The number of ether oxygens (including phenoxy) is 3. The van der Waals surface area contributed by atoms with E-state index in [1.165, 1.54) is 0 Å². The van der Waals surface area contributed by atoms with E-state index in [0.717, 1.165) is 17.1 Å². The van der Waals surface area contributed by atoms with Crippen molar-refractivity contribution in [2.45, 2.75) is 19.5 Å². The van der Waals surface area contributed by atoms with Crippen LogP contribution in [0.2, 0.25) is 0 Å². The third-order valence-corrected chi connectivity index (χ3v) is 3.22. The van der Waals surface area contributed by atoms with Crippen LogP contribution in [0.25, 0.3) is 0 Å². The number of methoxy groups -OCH3 is 1. The summed E-state index contributed by atoms with van der Waals surface area (Å²) in [5, 5.41) is 5.98. The number of fused-ring (bicyclic) bond motifs is 1. The Bertz CT molecular complexity index is 479. The molecule has 2 N–H and O–H groups in total. The van der Waals surface area contributed by atoms with Crippen LogP contribution in [0.15, 0.2) is 18.2 Å². The molecule has 0 bridgehead atoms. The van der Waals surface area contributed by atoms with Gasteiger partial charge >= 0.3 is 0 Å². The lowest BCUT2D eigenvalue weighted by Crippen LogP contribution is -2.42. The number of nitrogens with one attached hydrogen (secondary N) is 2. The number of carbonyl (C=O) groups excluding carboxylic acids is 1. The van der Waals surface area contributed by atoms with Crippen molar-refractivity contribution in [2.24, 2.45) is 0 Å². The van der Waals surface area contributed by atoms with Gasteiger partial charge in [-0.25, -0.2) is 0 Å². The number of carbonyl (C=O) groups is 1. The Hall–Kier alpha value is -1.79. The van der Waals surface area contributed by atoms with Crippen molar-refractivity contribution in [2.75, 3.05) is 33.5 Å². The molecule has 1 aromatic rings. The molecule has 6 heteroatoms. The molecular formula is C15H22N2O4. The molecule has 0 saturated heterocycles. The molecule has 0 radical (unpaired) electrons. The highest BCUT2D eigenvalue weighted by molar-refractivity contribution is 5.81. The minimum atomic E-state index is -0.268. The molecule has 116 valence electrons. The normalized spacial score (nSPS) is 14.6. The zero-order chi connectivity index (χ0) is 15.1. The van der Waals surface area contributed by atoms with E-state index >= 15 is 0 Å². The number of hydrogen-bond donors (Lipinski definition) is 2. The second-order valence-electron chi connectivity index (χ2n) is 4.86. The largest absolute Gasteiger partial charge is 0.486 e. The Balaban J connectivity index is 1.80. The SMILES string of the molecule is COCCNC(=O)C(C)NCc1ccc2c(c1)OCCO2. The van der Waals surface area contributed by atoms with E-state index in [9.17, 15) is 4.79 Å². The van der Waals surface area contributed by atoms with Crippen LogP contribution in [-0.2, 0) is 16.1 Å². The highest BCUT2D eigenvalue weighted by Gasteiger charge is 2.14. The quantitative estimate of drug-likeness (QED) is 0.725. The van der Waals surface area contributed by atoms with E-state index in [1.807, 2.05) is 25.1 Å². The minimum absolute atomic E-state index is 0.0374. The fourth-order valence-corrected chi connectivity index (χ4v) is 1.99. The van der Waals surface area contributed by atoms with E-state index in [-0.39, 0.29) is 11.9 Å². The van der Waals surface area contributed by atoms with Gasteiger partial charge in [-0.1, -0.05) is 6.07 Å². The van der Waals surface area contributed by atoms with E-state index in [0.29, 0.717) is 32.9 Å². The maximum absolute atomic E-state index is 11.8. The van der Waals surface area contributed by atoms with Crippen LogP contribution < -0.4 is 20.1 Å². The summed E-state index contributed by atoms with van der Waals surface area (Å²) >= 11 is 0. The van der Waals surface area contributed by atoms with Crippen molar-refractivity contribution < 1.29 is 19.0 Å². The maximum Gasteiger partial charge on any atom is 0.236 e. The molecule has 0 saturated carbocycles. The van der Waals surface area contributed by atoms with Gasteiger partial charge in [0.1, 0.15) is 13.2 Å². The average molecular weight is 294 g/mol. The van der Waals surface area contributed by atoms with Crippen LogP contribution in [0.1, 0.15) is 12.5 Å². The molecule has 6 nitrogen and oxygen atoms in total. The van der Waals surface area contributed by atoms with Crippen molar-refractivity contribution in [3.05, 3.63) is 23.8 Å². The summed E-state index contributed by atoms with van der Waals surface area (Å²) in [4.78, 5) is 11.8. The summed E-state index contributed by atoms with van der Waals surface area (Å²) in [5.74, 6) is 1.50. The number of rotatable bonds is 7. The third-order valence-electron chi connectivity index (χ3n) is 3.22. The van der Waals surface area contributed by atoms with Gasteiger partial charge < -0.3 is 24.8 Å². The van der Waals surface area contributed by atoms with E-state index in [1.54, 1.807) is 7.11 Å². The van der Waals surface area contributed by atoms with Crippen LogP contribution in [0.3, 0.4) is 0 Å². The fraction of sp³-hybridized carbons (Fsp3) is 0.533. The first-order valence-corrected chi connectivity index (χ1v) is 7.09. The van der Waals surface area contributed by atoms with Gasteiger partial charge in [0.2, 0.25) is 5.91 Å². The van der Waals surface area contributed by atoms with Gasteiger partial charge in [-0.3, -0.25) is 4.79 Å². The smallest absolute Gasteiger partial charge is 0.236 e. The third kappa shape index (κ3) is 4.61. The standard InChI is InChI=1S/C15H22N2O4/c1-11(15(18)16-5-6-19-2)17-10-12-3-4-13-14(9-12)21-8-7-20-13/h3-4,9,11,17H,5-8,10H2,1-2H3,(H,16,18). The van der Waals surface area contributed by atoms with Crippen molar-refractivity contribution in [1.29, 1.82) is 0 Å². The van der Waals surface area contributed by atoms with Crippen molar-refractivity contribution >= 4 is 5.91 Å². The fourth-order valence-electron chi connectivity index (χ4n) is 1.99. The molecule has 0 fully saturated rings. The first kappa shape index (κ1) is 15.6. The predicted molar refractivity (Wildman–Crippen MR) is 78.6 cm³/mol. The van der Waals surface area contributed by atoms with Gasteiger partial charge in [-0.15, -0.1) is 0 Å². The summed E-state index contributed by atoms with van der Waals surface area (Å²) < 4.78 is 15.9. The first-order valence-electron chi connectivity index (χ1n) is 7.09. The van der Waals surface area contributed by atoms with E-state index in [4.69, 9.17) is 14.2 Å². The molecule has 0 aromatic heterocycles. The van der Waals surface area contributed by atoms with E-state index in [2.05, 4.69) is 10.6 Å². The molecule has 1 aromatic carbocycles. The highest BCUT2D eigenvalue weighted by Crippen LogP contribution is 2.30. The second-order valence-corrected chi connectivity index (χ2v) is 4.86. The van der Waals surface area contributed by atoms with Gasteiger partial charge in [0.25, 0.3) is 0 Å². The molecule has 1 aliphatic heterocycles. The molecule has 0 spiro atoms. The highest BCUT2D eigenvalue weighted by atomic mass is 16.6. The van der Waals surface area contributed by atoms with Gasteiger partial charge in [0.05, 0.1) is 12.6 Å². The van der Waals surface area contributed by atoms with Crippen LogP contribution in [0.4, 0.5) is 0 Å². The Morgan fingerprint density at radius 3 is 2.86 bits per heavy atom. The average Bonchev–Trinajstić information content (AvgIpc) is 2.52. The molecule has 1 heterocycles. The Labute approximate surface area is 124 Å². The summed E-state index contributed by atoms with van der Waals surface area (Å²) in [6.07, 6.45) is 0. The molecule has 1 amide bonds. The Morgan fingerprint density at radius 2 is 2.10 bits per heavy atom. The monoisotopic (exact) mass is 294 g/mol. The molecule has 1 atom stereocenters. The van der Waals surface area contributed by atoms with Crippen LogP contribution in [0.5, 0.6) is 11.5 Å². The molecule has 0 aliphatic carbocycles. The topological polar surface area (TPSA) is 68.8 Å². The molecule has 21 heavy (non-hydrogen) atoms. The first-order chi connectivity index (χ1) is 10.2. The zero-order valence-corrected chi connectivity index (χ0v) is 12.5. The zero-order valence-electron chi connectivity index (χ0n) is 12.5. The number of benzene rings is 1. The predicted octanol–water partition coefficient (Wildman–Crippen LogP) is 0.698. The number of amides is 1. The molecule has 1 unspecified atom stereocenters. The van der Waals surface area contributed by atoms with Crippen LogP contribution in [0, 0.1) is 0 Å². The second kappa shape index (κ2) is 7.85. The van der Waals surface area contributed by atoms with Crippen molar-refractivity contribution in [3.63, 3.8) is 0 Å². The van der Waals surface area contributed by atoms with Gasteiger partial charge in [-0.05, 0) is 24.6 Å².